The molecule has 0 bridgehead atoms. The van der Waals surface area contributed by atoms with Crippen LogP contribution in [0.3, 0.4) is 0 Å². The average Bonchev–Trinajstić information content (AvgIpc) is 0.851. The number of carbonyl (C=O) groups is 16. The molecule has 0 spiro atoms. The maximum atomic E-state index is 14.6. The van der Waals surface area contributed by atoms with Crippen LogP contribution < -0.4 is 53.2 Å². The highest BCUT2D eigenvalue weighted by atomic mass is 16.4. The number of hydrogen-bond donors (Lipinski definition) is 22. The number of rotatable bonds is 67. The van der Waals surface area contributed by atoms with Crippen LogP contribution >= 0.6 is 0 Å². The number of nitrogens with zero attached hydrogens (tertiary/aromatic N) is 10. The van der Waals surface area contributed by atoms with Crippen LogP contribution in [-0.4, -0.2) is 507 Å². The van der Waals surface area contributed by atoms with E-state index in [2.05, 4.69) is 53.2 Å². The number of nitrogens with one attached hydrogen (secondary N) is 10. The molecule has 4 amide bonds. The Morgan fingerprint density at radius 3 is 0.640 bits per heavy atom. The van der Waals surface area contributed by atoms with Crippen molar-refractivity contribution >= 4 is 95.3 Å². The van der Waals surface area contributed by atoms with Crippen LogP contribution in [-0.2, 0) is 76.7 Å². The molecule has 1 heterocycles. The molecule has 634 valence electrons. The van der Waals surface area contributed by atoms with Crippen molar-refractivity contribution in [3.63, 3.8) is 0 Å². The third-order valence-electron chi connectivity index (χ3n) is 16.7. The summed E-state index contributed by atoms with van der Waals surface area (Å²) in [6.45, 7) is -9.44. The van der Waals surface area contributed by atoms with Gasteiger partial charge in [-0.2, -0.15) is 0 Å². The van der Waals surface area contributed by atoms with E-state index in [4.69, 9.17) is 15.3 Å². The van der Waals surface area contributed by atoms with Gasteiger partial charge in [0.25, 0.3) is 0 Å². The number of carboxylic acids is 12. The first-order valence-corrected chi connectivity index (χ1v) is 35.7. The smallest absolute Gasteiger partial charge is 0.317 e. The van der Waals surface area contributed by atoms with Crippen molar-refractivity contribution in [1.29, 1.82) is 0 Å². The van der Waals surface area contributed by atoms with Crippen molar-refractivity contribution in [3.05, 3.63) is 0 Å². The first-order valence-electron chi connectivity index (χ1n) is 35.7. The molecule has 1 saturated heterocycles. The zero-order valence-electron chi connectivity index (χ0n) is 62.4. The minimum absolute atomic E-state index is 0.00241. The van der Waals surface area contributed by atoms with E-state index >= 15 is 0 Å². The molecule has 0 aromatic rings. The van der Waals surface area contributed by atoms with Gasteiger partial charge < -0.3 is 114 Å². The van der Waals surface area contributed by atoms with Crippen LogP contribution in [0, 0.1) is 5.41 Å². The molecule has 0 aromatic heterocycles. The monoisotopic (exact) mass is 1600 g/mol. The van der Waals surface area contributed by atoms with Gasteiger partial charge in [-0.15, -0.1) is 0 Å². The second-order valence-corrected chi connectivity index (χ2v) is 26.2. The first-order chi connectivity index (χ1) is 52.5. The summed E-state index contributed by atoms with van der Waals surface area (Å²) in [6.07, 6.45) is 0. The Morgan fingerprint density at radius 2 is 0.423 bits per heavy atom. The normalized spacial score (nSPS) is 13.7. The van der Waals surface area contributed by atoms with Gasteiger partial charge in [-0.25, -0.2) is 0 Å². The first kappa shape index (κ1) is 99.9. The minimum Gasteiger partial charge on any atom is -0.480 e. The Hall–Kier alpha value is -9.12. The lowest BCUT2D eigenvalue weighted by molar-refractivity contribution is -0.140. The standard InChI is InChI=1S/C63H114N20O28/c84-47(27-64-1-9-76(36-56(98)99)17-18-79(39-59(104)105)12-6-69-32-55(96)97)70-43-63(44-71-48(85)33-74(7-2-65-28-51(88)89)13-15-77(37-57(100)101)10-4-67-30-53(92)93,45-72-49(86)34-75(8-3-66-29-52(90)91)14-16-78(38-58(102)103)11-5-68-31-54(94)95)46-73-50(87)35-80-19-21-81(40-60(106)107)23-25-83(42-62(110)111)26-24-82(22-20-80)41-61(108)109/h64-69H,1-46H2,(H,70,84)(H,71,85)(H,72,86)(H,73,87)(H,88,89)(H,90,91)(H,92,93)(H,94,95)(H,96,97)(H,98,99)(H,100,101)(H,102,103)(H,104,105)(H,106,107)(H,108,109)(H,110,111). The molecule has 48 nitrogen and oxygen atoms in total. The van der Waals surface area contributed by atoms with E-state index in [0.717, 1.165) is 0 Å². The van der Waals surface area contributed by atoms with E-state index in [1.807, 2.05) is 0 Å². The summed E-state index contributed by atoms with van der Waals surface area (Å²) in [5, 5.41) is 142. The van der Waals surface area contributed by atoms with Gasteiger partial charge in [0.15, 0.2) is 0 Å². The average molecular weight is 1600 g/mol. The molecule has 0 atom stereocenters. The van der Waals surface area contributed by atoms with Gasteiger partial charge in [-0.1, -0.05) is 0 Å². The molecule has 0 unspecified atom stereocenters. The predicted molar refractivity (Wildman–Crippen MR) is 388 cm³/mol. The Labute approximate surface area is 640 Å². The van der Waals surface area contributed by atoms with Gasteiger partial charge in [-0.05, 0) is 0 Å². The molecule has 1 fully saturated rings. The van der Waals surface area contributed by atoms with E-state index in [-0.39, 0.29) is 170 Å². The quantitative estimate of drug-likeness (QED) is 0.0251. The van der Waals surface area contributed by atoms with E-state index in [0.29, 0.717) is 0 Å². The van der Waals surface area contributed by atoms with Crippen LogP contribution in [0.2, 0.25) is 0 Å². The molecule has 0 saturated carbocycles. The van der Waals surface area contributed by atoms with Crippen molar-refractivity contribution in [2.45, 2.75) is 0 Å². The molecule has 0 radical (unpaired) electrons. The maximum absolute atomic E-state index is 14.6. The highest BCUT2D eigenvalue weighted by Gasteiger charge is 2.35. The molecular weight excluding hydrogens is 1480 g/mol. The summed E-state index contributed by atoms with van der Waals surface area (Å²) in [5.41, 5.74) is -1.70. The van der Waals surface area contributed by atoms with Gasteiger partial charge in [0.2, 0.25) is 23.6 Å². The third-order valence-corrected chi connectivity index (χ3v) is 16.7. The topological polar surface area (TPSA) is 669 Å². The summed E-state index contributed by atoms with van der Waals surface area (Å²) >= 11 is 0. The van der Waals surface area contributed by atoms with Crippen molar-refractivity contribution in [1.82, 2.24) is 102 Å². The fraction of sp³-hybridized carbons (Fsp3) is 0.746. The number of hydrogen-bond acceptors (Lipinski definition) is 32. The van der Waals surface area contributed by atoms with Crippen LogP contribution in [0.1, 0.15) is 0 Å². The number of carboxylic acid groups (broad SMARTS) is 12. The van der Waals surface area contributed by atoms with Gasteiger partial charge in [0.1, 0.15) is 0 Å². The van der Waals surface area contributed by atoms with Gasteiger partial charge in [0.05, 0.1) is 105 Å². The second-order valence-electron chi connectivity index (χ2n) is 26.2. The molecule has 0 aliphatic carbocycles. The molecule has 48 heteroatoms. The molecule has 111 heavy (non-hydrogen) atoms. The highest BCUT2D eigenvalue weighted by Crippen LogP contribution is 2.15. The van der Waals surface area contributed by atoms with Crippen LogP contribution in [0.5, 0.6) is 0 Å². The van der Waals surface area contributed by atoms with Gasteiger partial charge in [-0.3, -0.25) is 126 Å². The van der Waals surface area contributed by atoms with Crippen LogP contribution in [0.4, 0.5) is 0 Å². The summed E-state index contributed by atoms with van der Waals surface area (Å²) in [4.78, 5) is 213. The Bertz CT molecular complexity index is 2810. The second kappa shape index (κ2) is 58.8. The fourth-order valence-corrected chi connectivity index (χ4v) is 11.0. The van der Waals surface area contributed by atoms with Gasteiger partial charge >= 0.3 is 71.6 Å². The lowest BCUT2D eigenvalue weighted by atomic mass is 9.86. The van der Waals surface area contributed by atoms with Gasteiger partial charge in [0, 0.05) is 202 Å². The molecule has 0 aromatic carbocycles. The molecular formula is C63H114N20O28. The summed E-state index contributed by atoms with van der Waals surface area (Å²) < 4.78 is 0. The minimum atomic E-state index is -1.70. The number of aliphatic carboxylic acids is 12. The summed E-state index contributed by atoms with van der Waals surface area (Å²) in [6, 6.07) is 0. The lowest BCUT2D eigenvalue weighted by Crippen LogP contribution is -2.59. The van der Waals surface area contributed by atoms with E-state index < -0.39 is 232 Å². The van der Waals surface area contributed by atoms with Crippen LogP contribution in [0.15, 0.2) is 0 Å². The van der Waals surface area contributed by atoms with E-state index in [1.54, 1.807) is 4.90 Å². The van der Waals surface area contributed by atoms with Crippen molar-refractivity contribution < 1.29 is 138 Å². The summed E-state index contributed by atoms with van der Waals surface area (Å²) in [5.74, 6) is -17.4. The Kier molecular flexibility index (Phi) is 52.9. The maximum Gasteiger partial charge on any atom is 0.317 e. The zero-order valence-corrected chi connectivity index (χ0v) is 62.4. The summed E-state index contributed by atoms with van der Waals surface area (Å²) in [7, 11) is 0. The lowest BCUT2D eigenvalue weighted by Gasteiger charge is -2.36. The largest absolute Gasteiger partial charge is 0.480 e. The van der Waals surface area contributed by atoms with E-state index in [1.165, 1.54) is 44.1 Å². The predicted octanol–water partition coefficient (Wildman–Crippen LogP) is -13.0. The number of amides is 4. The zero-order chi connectivity index (χ0) is 83.1. The molecule has 1 rings (SSSR count). The number of carbonyl (C=O) groups excluding carboxylic acids is 4. The van der Waals surface area contributed by atoms with Crippen molar-refractivity contribution in [2.24, 2.45) is 5.41 Å². The SMILES string of the molecule is O=C(O)CNCCN(CCN(CCNCC(=O)NCC(CNC(=O)CN(CCNCC(=O)O)CCN(CCNCC(=O)O)CC(=O)O)(CNC(=O)CN(CCNCC(=O)O)CCN(CCNCC(=O)O)CC(=O)O)CNC(=O)CN1CCN(CC(=O)O)CCN(CC(=O)O)CCN(CC(=O)O)CC1)CC(=O)O)CC(=O)O. The van der Waals surface area contributed by atoms with Crippen LogP contribution in [0.25, 0.3) is 0 Å². The molecule has 1 aliphatic rings. The Balaban J connectivity index is 4.12. The Morgan fingerprint density at radius 1 is 0.225 bits per heavy atom. The van der Waals surface area contributed by atoms with Crippen molar-refractivity contribution in [2.75, 3.05) is 301 Å². The van der Waals surface area contributed by atoms with Crippen molar-refractivity contribution in [3.8, 4) is 0 Å². The fourth-order valence-electron chi connectivity index (χ4n) is 11.0. The highest BCUT2D eigenvalue weighted by molar-refractivity contribution is 5.81. The third kappa shape index (κ3) is 56.7. The molecule has 1 aliphatic heterocycles. The van der Waals surface area contributed by atoms with E-state index in [9.17, 15) is 123 Å². The molecule has 22 N–H and O–H groups in total.